The van der Waals surface area contributed by atoms with Gasteiger partial charge in [-0.2, -0.15) is 0 Å². The number of rotatable bonds is 6. The second-order valence-electron chi connectivity index (χ2n) is 7.49. The van der Waals surface area contributed by atoms with Crippen molar-refractivity contribution in [3.05, 3.63) is 24.3 Å². The van der Waals surface area contributed by atoms with Crippen LogP contribution in [0.4, 0.5) is 4.79 Å². The molecule has 1 heterocycles. The molecule has 1 aromatic carbocycles. The Bertz CT molecular complexity index is 563. The molecule has 27 heavy (non-hydrogen) atoms. The van der Waals surface area contributed by atoms with E-state index in [0.29, 0.717) is 12.6 Å². The van der Waals surface area contributed by atoms with Gasteiger partial charge in [-0.15, -0.1) is 0 Å². The van der Waals surface area contributed by atoms with Crippen molar-refractivity contribution in [1.82, 2.24) is 15.1 Å². The first-order chi connectivity index (χ1) is 13.2. The van der Waals surface area contributed by atoms with Crippen molar-refractivity contribution < 1.29 is 14.3 Å². The summed E-state index contributed by atoms with van der Waals surface area (Å²) < 4.78 is 11.0. The lowest BCUT2D eigenvalue weighted by molar-refractivity contribution is 0.124. The Morgan fingerprint density at radius 1 is 1.00 bits per heavy atom. The van der Waals surface area contributed by atoms with Gasteiger partial charge in [-0.25, -0.2) is 4.79 Å². The van der Waals surface area contributed by atoms with Crippen molar-refractivity contribution in [1.29, 1.82) is 0 Å². The summed E-state index contributed by atoms with van der Waals surface area (Å²) in [7, 11) is 1.66. The van der Waals surface area contributed by atoms with E-state index in [1.54, 1.807) is 7.11 Å². The highest BCUT2D eigenvalue weighted by Crippen LogP contribution is 2.18. The number of ether oxygens (including phenoxy) is 2. The number of hydrogen-bond donors (Lipinski definition) is 1. The molecule has 0 radical (unpaired) electrons. The number of nitrogens with one attached hydrogen (secondary N) is 1. The van der Waals surface area contributed by atoms with Gasteiger partial charge < -0.3 is 19.7 Å². The van der Waals surface area contributed by atoms with Gasteiger partial charge >= 0.3 is 6.03 Å². The number of benzene rings is 1. The standard InChI is InChI=1S/C21H33N3O3/c1-26-19-8-10-20(11-9-19)27-17-16-23-12-14-24(15-13-23)21(25)22-18-6-4-2-3-5-7-18/h8-11,18H,2-7,12-17H2,1H3,(H,22,25). The van der Waals surface area contributed by atoms with E-state index in [-0.39, 0.29) is 6.03 Å². The Hall–Kier alpha value is -1.95. The van der Waals surface area contributed by atoms with Crippen LogP contribution in [-0.4, -0.2) is 68.3 Å². The molecular formula is C21H33N3O3. The molecule has 1 saturated carbocycles. The molecular weight excluding hydrogens is 342 g/mol. The summed E-state index contributed by atoms with van der Waals surface area (Å²) >= 11 is 0. The zero-order valence-electron chi connectivity index (χ0n) is 16.5. The summed E-state index contributed by atoms with van der Waals surface area (Å²) in [5.74, 6) is 1.69. The van der Waals surface area contributed by atoms with Crippen LogP contribution in [0, 0.1) is 0 Å². The van der Waals surface area contributed by atoms with Crippen LogP contribution in [0.5, 0.6) is 11.5 Å². The predicted octanol–water partition coefficient (Wildman–Crippen LogP) is 3.12. The van der Waals surface area contributed by atoms with Crippen molar-refractivity contribution >= 4 is 6.03 Å². The van der Waals surface area contributed by atoms with Gasteiger partial charge in [0, 0.05) is 38.8 Å². The van der Waals surface area contributed by atoms with Crippen LogP contribution < -0.4 is 14.8 Å². The Balaban J connectivity index is 1.32. The van der Waals surface area contributed by atoms with Crippen molar-refractivity contribution in [3.8, 4) is 11.5 Å². The molecule has 150 valence electrons. The van der Waals surface area contributed by atoms with Crippen molar-refractivity contribution in [2.75, 3.05) is 46.4 Å². The Kier molecular flexibility index (Phi) is 7.63. The topological polar surface area (TPSA) is 54.0 Å². The van der Waals surface area contributed by atoms with E-state index in [1.807, 2.05) is 29.2 Å². The molecule has 1 aliphatic heterocycles. The molecule has 2 aliphatic rings. The van der Waals surface area contributed by atoms with Crippen LogP contribution in [0.2, 0.25) is 0 Å². The first-order valence-electron chi connectivity index (χ1n) is 10.3. The van der Waals surface area contributed by atoms with E-state index in [0.717, 1.165) is 57.1 Å². The van der Waals surface area contributed by atoms with Gasteiger partial charge in [-0.05, 0) is 37.1 Å². The molecule has 2 fully saturated rings. The fourth-order valence-electron chi connectivity index (χ4n) is 3.83. The maximum Gasteiger partial charge on any atom is 0.317 e. The number of piperazine rings is 1. The molecule has 0 aromatic heterocycles. The van der Waals surface area contributed by atoms with Crippen molar-refractivity contribution in [3.63, 3.8) is 0 Å². The van der Waals surface area contributed by atoms with E-state index in [4.69, 9.17) is 9.47 Å². The minimum absolute atomic E-state index is 0.121. The highest BCUT2D eigenvalue weighted by molar-refractivity contribution is 5.74. The lowest BCUT2D eigenvalue weighted by Crippen LogP contribution is -2.53. The summed E-state index contributed by atoms with van der Waals surface area (Å²) in [4.78, 5) is 16.8. The fraction of sp³-hybridized carbons (Fsp3) is 0.667. The van der Waals surface area contributed by atoms with E-state index >= 15 is 0 Å². The summed E-state index contributed by atoms with van der Waals surface area (Å²) in [5.41, 5.74) is 0. The van der Waals surface area contributed by atoms with Gasteiger partial charge in [-0.3, -0.25) is 4.90 Å². The number of nitrogens with zero attached hydrogens (tertiary/aromatic N) is 2. The first kappa shape index (κ1) is 19.8. The van der Waals surface area contributed by atoms with Crippen LogP contribution in [-0.2, 0) is 0 Å². The minimum Gasteiger partial charge on any atom is -0.497 e. The Morgan fingerprint density at radius 3 is 2.26 bits per heavy atom. The third-order valence-corrected chi connectivity index (χ3v) is 5.58. The molecule has 2 amide bonds. The van der Waals surface area contributed by atoms with Crippen LogP contribution in [0.15, 0.2) is 24.3 Å². The second-order valence-corrected chi connectivity index (χ2v) is 7.49. The van der Waals surface area contributed by atoms with Crippen LogP contribution in [0.1, 0.15) is 38.5 Å². The van der Waals surface area contributed by atoms with Crippen LogP contribution in [0.3, 0.4) is 0 Å². The average Bonchev–Trinajstić information content (AvgIpc) is 2.98. The fourth-order valence-corrected chi connectivity index (χ4v) is 3.83. The predicted molar refractivity (Wildman–Crippen MR) is 107 cm³/mol. The van der Waals surface area contributed by atoms with Gasteiger partial charge in [0.25, 0.3) is 0 Å². The molecule has 3 rings (SSSR count). The molecule has 0 unspecified atom stereocenters. The zero-order valence-corrected chi connectivity index (χ0v) is 16.5. The maximum atomic E-state index is 12.5. The molecule has 1 saturated heterocycles. The summed E-state index contributed by atoms with van der Waals surface area (Å²) in [5, 5.41) is 3.25. The summed E-state index contributed by atoms with van der Waals surface area (Å²) in [6, 6.07) is 8.15. The summed E-state index contributed by atoms with van der Waals surface area (Å²) in [6.45, 7) is 4.93. The lowest BCUT2D eigenvalue weighted by Gasteiger charge is -2.35. The second kappa shape index (κ2) is 10.4. The van der Waals surface area contributed by atoms with E-state index in [1.165, 1.54) is 25.7 Å². The first-order valence-corrected chi connectivity index (χ1v) is 10.3. The number of urea groups is 1. The smallest absolute Gasteiger partial charge is 0.317 e. The number of methoxy groups -OCH3 is 1. The van der Waals surface area contributed by atoms with Gasteiger partial charge in [0.15, 0.2) is 0 Å². The van der Waals surface area contributed by atoms with E-state index in [9.17, 15) is 4.79 Å². The van der Waals surface area contributed by atoms with Crippen LogP contribution in [0.25, 0.3) is 0 Å². The molecule has 6 heteroatoms. The maximum absolute atomic E-state index is 12.5. The highest BCUT2D eigenvalue weighted by atomic mass is 16.5. The van der Waals surface area contributed by atoms with Gasteiger partial charge in [0.1, 0.15) is 18.1 Å². The van der Waals surface area contributed by atoms with Gasteiger partial charge in [0.05, 0.1) is 7.11 Å². The minimum atomic E-state index is 0.121. The molecule has 6 nitrogen and oxygen atoms in total. The van der Waals surface area contributed by atoms with Gasteiger partial charge in [0.2, 0.25) is 0 Å². The lowest BCUT2D eigenvalue weighted by atomic mass is 10.1. The molecule has 0 bridgehead atoms. The number of carbonyl (C=O) groups is 1. The number of carbonyl (C=O) groups excluding carboxylic acids is 1. The highest BCUT2D eigenvalue weighted by Gasteiger charge is 2.23. The largest absolute Gasteiger partial charge is 0.497 e. The van der Waals surface area contributed by atoms with E-state index in [2.05, 4.69) is 10.2 Å². The quantitative estimate of drug-likeness (QED) is 0.776. The third-order valence-electron chi connectivity index (χ3n) is 5.58. The van der Waals surface area contributed by atoms with E-state index < -0.39 is 0 Å². The Labute approximate surface area is 162 Å². The molecule has 0 atom stereocenters. The average molecular weight is 376 g/mol. The van der Waals surface area contributed by atoms with Gasteiger partial charge in [-0.1, -0.05) is 25.7 Å². The SMILES string of the molecule is COc1ccc(OCCN2CCN(C(=O)NC3CCCCCC3)CC2)cc1. The number of hydrogen-bond acceptors (Lipinski definition) is 4. The van der Waals surface area contributed by atoms with Crippen molar-refractivity contribution in [2.24, 2.45) is 0 Å². The molecule has 0 spiro atoms. The molecule has 1 aromatic rings. The third kappa shape index (κ3) is 6.31. The van der Waals surface area contributed by atoms with Crippen molar-refractivity contribution in [2.45, 2.75) is 44.6 Å². The summed E-state index contributed by atoms with van der Waals surface area (Å²) in [6.07, 6.45) is 7.37. The number of amides is 2. The zero-order chi connectivity index (χ0) is 18.9. The Morgan fingerprint density at radius 2 is 1.63 bits per heavy atom. The van der Waals surface area contributed by atoms with Crippen LogP contribution >= 0.6 is 0 Å². The molecule has 1 N–H and O–H groups in total. The normalized spacial score (nSPS) is 19.4. The monoisotopic (exact) mass is 375 g/mol. The molecule has 1 aliphatic carbocycles.